The number of carbonyl (C=O) groups is 1. The monoisotopic (exact) mass is 373 g/mol. The Kier molecular flexibility index (Phi) is 5.47. The summed E-state index contributed by atoms with van der Waals surface area (Å²) in [5.74, 6) is 0.364. The summed E-state index contributed by atoms with van der Waals surface area (Å²) in [7, 11) is 1.93. The molecule has 0 saturated heterocycles. The molecule has 0 saturated carbocycles. The molecule has 0 aliphatic carbocycles. The lowest BCUT2D eigenvalue weighted by atomic mass is 10.00. The highest BCUT2D eigenvalue weighted by atomic mass is 35.5. The smallest absolute Gasteiger partial charge is 0.198 e. The van der Waals surface area contributed by atoms with Crippen molar-refractivity contribution in [1.29, 1.82) is 0 Å². The number of ether oxygens (including phenoxy) is 1. The number of rotatable bonds is 5. The maximum Gasteiger partial charge on any atom is 0.198 e. The number of hydrogen-bond acceptors (Lipinski definition) is 3. The molecule has 2 aromatic rings. The zero-order valence-electron chi connectivity index (χ0n) is 13.7. The van der Waals surface area contributed by atoms with Crippen LogP contribution in [-0.2, 0) is 11.3 Å². The van der Waals surface area contributed by atoms with E-state index in [-0.39, 0.29) is 5.78 Å². The molecule has 0 radical (unpaired) electrons. The lowest BCUT2D eigenvalue weighted by molar-refractivity contribution is 0.101. The molecule has 0 unspecified atom stereocenters. The van der Waals surface area contributed by atoms with Gasteiger partial charge < -0.3 is 9.64 Å². The van der Waals surface area contributed by atoms with Crippen molar-refractivity contribution in [2.24, 2.45) is 0 Å². The number of allylic oxidation sites excluding steroid dienone is 1. The topological polar surface area (TPSA) is 29.5 Å². The lowest BCUT2D eigenvalue weighted by Crippen LogP contribution is -2.21. The standard InChI is InChI=1S/C20H17Cl2NO2/c1-23-10-9-17(20(24)16-8-7-15(21)11-18(16)22)19(12-23)25-13-14-5-3-2-4-6-14/h2-9,11-12H,10,13H2,1H3. The van der Waals surface area contributed by atoms with Crippen molar-refractivity contribution in [1.82, 2.24) is 4.90 Å². The predicted octanol–water partition coefficient (Wildman–Crippen LogP) is 5.11. The molecule has 1 aliphatic rings. The Bertz CT molecular complexity index is 844. The molecular weight excluding hydrogens is 357 g/mol. The molecule has 3 rings (SSSR count). The highest BCUT2D eigenvalue weighted by Crippen LogP contribution is 2.28. The number of Topliss-reactive ketones (excluding diaryl/α,β-unsaturated/α-hetero) is 1. The second kappa shape index (κ2) is 7.77. The van der Waals surface area contributed by atoms with Crippen LogP contribution in [0.25, 0.3) is 0 Å². The summed E-state index contributed by atoms with van der Waals surface area (Å²) >= 11 is 12.1. The molecule has 0 bridgehead atoms. The van der Waals surface area contributed by atoms with Crippen LogP contribution in [0.1, 0.15) is 15.9 Å². The van der Waals surface area contributed by atoms with Crippen molar-refractivity contribution in [2.75, 3.05) is 13.6 Å². The third kappa shape index (κ3) is 4.25. The van der Waals surface area contributed by atoms with Gasteiger partial charge in [-0.15, -0.1) is 0 Å². The van der Waals surface area contributed by atoms with Gasteiger partial charge in [0.1, 0.15) is 12.4 Å². The van der Waals surface area contributed by atoms with Gasteiger partial charge in [0.2, 0.25) is 0 Å². The van der Waals surface area contributed by atoms with E-state index >= 15 is 0 Å². The molecule has 1 aliphatic heterocycles. The average molecular weight is 374 g/mol. The van der Waals surface area contributed by atoms with E-state index in [1.807, 2.05) is 54.6 Å². The summed E-state index contributed by atoms with van der Waals surface area (Å²) < 4.78 is 5.92. The van der Waals surface area contributed by atoms with Crippen LogP contribution in [0.2, 0.25) is 10.0 Å². The molecule has 1 heterocycles. The minimum Gasteiger partial charge on any atom is -0.487 e. The Labute approximate surface area is 157 Å². The van der Waals surface area contributed by atoms with Gasteiger partial charge in [-0.2, -0.15) is 0 Å². The average Bonchev–Trinajstić information content (AvgIpc) is 2.60. The van der Waals surface area contributed by atoms with E-state index < -0.39 is 0 Å². The number of likely N-dealkylation sites (N-methyl/N-ethyl adjacent to an activating group) is 1. The summed E-state index contributed by atoms with van der Waals surface area (Å²) in [6.45, 7) is 1.02. The van der Waals surface area contributed by atoms with Crippen LogP contribution >= 0.6 is 23.2 Å². The normalized spacial score (nSPS) is 14.0. The minimum absolute atomic E-state index is 0.172. The molecule has 0 aromatic heterocycles. The molecular formula is C20H17Cl2NO2. The maximum absolute atomic E-state index is 12.9. The Morgan fingerprint density at radius 3 is 2.64 bits per heavy atom. The predicted molar refractivity (Wildman–Crippen MR) is 101 cm³/mol. The van der Waals surface area contributed by atoms with Gasteiger partial charge in [0.05, 0.1) is 10.6 Å². The molecule has 2 aromatic carbocycles. The number of nitrogens with zero attached hydrogens (tertiary/aromatic N) is 1. The quantitative estimate of drug-likeness (QED) is 0.682. The van der Waals surface area contributed by atoms with Crippen molar-refractivity contribution in [3.63, 3.8) is 0 Å². The van der Waals surface area contributed by atoms with E-state index in [2.05, 4.69) is 0 Å². The van der Waals surface area contributed by atoms with Crippen LogP contribution in [0.3, 0.4) is 0 Å². The van der Waals surface area contributed by atoms with Crippen LogP contribution in [-0.4, -0.2) is 24.3 Å². The van der Waals surface area contributed by atoms with Gasteiger partial charge in [-0.3, -0.25) is 4.79 Å². The first kappa shape index (κ1) is 17.6. The molecule has 25 heavy (non-hydrogen) atoms. The van der Waals surface area contributed by atoms with Gasteiger partial charge >= 0.3 is 0 Å². The highest BCUT2D eigenvalue weighted by molar-refractivity contribution is 6.37. The Morgan fingerprint density at radius 2 is 1.92 bits per heavy atom. The first-order valence-electron chi connectivity index (χ1n) is 7.83. The molecule has 128 valence electrons. The first-order valence-corrected chi connectivity index (χ1v) is 8.59. The van der Waals surface area contributed by atoms with Crippen molar-refractivity contribution in [2.45, 2.75) is 6.61 Å². The van der Waals surface area contributed by atoms with Gasteiger partial charge in [-0.05, 0) is 23.8 Å². The van der Waals surface area contributed by atoms with Crippen molar-refractivity contribution < 1.29 is 9.53 Å². The Hall–Kier alpha value is -2.23. The largest absolute Gasteiger partial charge is 0.487 e. The summed E-state index contributed by atoms with van der Waals surface area (Å²) in [6.07, 6.45) is 3.69. The van der Waals surface area contributed by atoms with Gasteiger partial charge in [0.25, 0.3) is 0 Å². The van der Waals surface area contributed by atoms with Gasteiger partial charge in [-0.25, -0.2) is 0 Å². The molecule has 0 fully saturated rings. The number of ketones is 1. The van der Waals surface area contributed by atoms with Crippen molar-refractivity contribution in [3.8, 4) is 0 Å². The van der Waals surface area contributed by atoms with E-state index in [1.54, 1.807) is 18.2 Å². The zero-order valence-corrected chi connectivity index (χ0v) is 15.2. The molecule has 0 atom stereocenters. The van der Waals surface area contributed by atoms with E-state index in [1.165, 1.54) is 0 Å². The van der Waals surface area contributed by atoms with Crippen LogP contribution in [0.15, 0.2) is 72.1 Å². The number of carbonyl (C=O) groups excluding carboxylic acids is 1. The van der Waals surface area contributed by atoms with Crippen LogP contribution in [0.5, 0.6) is 0 Å². The first-order chi connectivity index (χ1) is 12.0. The minimum atomic E-state index is -0.172. The van der Waals surface area contributed by atoms with Crippen LogP contribution in [0, 0.1) is 0 Å². The van der Waals surface area contributed by atoms with Gasteiger partial charge in [0, 0.05) is 30.4 Å². The SMILES string of the molecule is CN1C=C(OCc2ccccc2)C(C(=O)c2ccc(Cl)cc2Cl)=CC1. The third-order valence-corrected chi connectivity index (χ3v) is 4.39. The molecule has 0 spiro atoms. The fraction of sp³-hybridized carbons (Fsp3) is 0.150. The summed E-state index contributed by atoms with van der Waals surface area (Å²) in [6, 6.07) is 14.7. The second-order valence-corrected chi connectivity index (χ2v) is 6.62. The summed E-state index contributed by atoms with van der Waals surface area (Å²) in [5.41, 5.74) is 1.96. The van der Waals surface area contributed by atoms with Gasteiger partial charge in [-0.1, -0.05) is 59.6 Å². The number of benzene rings is 2. The highest BCUT2D eigenvalue weighted by Gasteiger charge is 2.23. The number of halogens is 2. The number of hydrogen-bond donors (Lipinski definition) is 0. The third-order valence-electron chi connectivity index (χ3n) is 3.84. The summed E-state index contributed by atoms with van der Waals surface area (Å²) in [5, 5.41) is 0.828. The fourth-order valence-corrected chi connectivity index (χ4v) is 3.03. The van der Waals surface area contributed by atoms with E-state index in [9.17, 15) is 4.79 Å². The molecule has 0 N–H and O–H groups in total. The van der Waals surface area contributed by atoms with Crippen LogP contribution < -0.4 is 0 Å². The van der Waals surface area contributed by atoms with E-state index in [4.69, 9.17) is 27.9 Å². The zero-order chi connectivity index (χ0) is 17.8. The van der Waals surface area contributed by atoms with E-state index in [0.29, 0.717) is 40.1 Å². The van der Waals surface area contributed by atoms with Crippen LogP contribution in [0.4, 0.5) is 0 Å². The Morgan fingerprint density at radius 1 is 1.16 bits per heavy atom. The van der Waals surface area contributed by atoms with Crippen molar-refractivity contribution in [3.05, 3.63) is 93.3 Å². The molecule has 0 amide bonds. The lowest BCUT2D eigenvalue weighted by Gasteiger charge is -2.23. The maximum atomic E-state index is 12.9. The Balaban J connectivity index is 1.83. The second-order valence-electron chi connectivity index (χ2n) is 5.78. The molecule has 5 heteroatoms. The van der Waals surface area contributed by atoms with E-state index in [0.717, 1.165) is 5.56 Å². The molecule has 3 nitrogen and oxygen atoms in total. The summed E-state index contributed by atoms with van der Waals surface area (Å²) in [4.78, 5) is 14.9. The van der Waals surface area contributed by atoms with Crippen molar-refractivity contribution >= 4 is 29.0 Å². The fourth-order valence-electron chi connectivity index (χ4n) is 2.53. The van der Waals surface area contributed by atoms with Gasteiger partial charge in [0.15, 0.2) is 5.78 Å².